The Kier molecular flexibility index (Phi) is 3.47. The Morgan fingerprint density at radius 2 is 2.00 bits per heavy atom. The van der Waals surface area contributed by atoms with Crippen LogP contribution in [-0.4, -0.2) is 20.6 Å². The van der Waals surface area contributed by atoms with Crippen LogP contribution >= 0.6 is 15.9 Å². The zero-order valence-corrected chi connectivity index (χ0v) is 12.3. The molecule has 1 aromatic heterocycles. The Labute approximate surface area is 128 Å². The number of halogens is 2. The summed E-state index contributed by atoms with van der Waals surface area (Å²) in [7, 11) is 0. The van der Waals surface area contributed by atoms with Gasteiger partial charge in [0.05, 0.1) is 16.6 Å². The number of carboxylic acid groups (broad SMARTS) is 1. The van der Waals surface area contributed by atoms with Crippen molar-refractivity contribution in [1.82, 2.24) is 9.55 Å². The number of para-hydroxylation sites is 2. The fourth-order valence-corrected chi connectivity index (χ4v) is 2.79. The van der Waals surface area contributed by atoms with E-state index in [0.717, 1.165) is 0 Å². The van der Waals surface area contributed by atoms with E-state index < -0.39 is 11.8 Å². The lowest BCUT2D eigenvalue weighted by atomic mass is 10.2. The number of nitrogens with zero attached hydrogens (tertiary/aromatic N) is 2. The monoisotopic (exact) mass is 348 g/mol. The molecule has 2 aromatic carbocycles. The van der Waals surface area contributed by atoms with Gasteiger partial charge in [-0.15, -0.1) is 0 Å². The molecule has 0 amide bonds. The van der Waals surface area contributed by atoms with Crippen LogP contribution in [0.2, 0.25) is 0 Å². The molecule has 0 spiro atoms. The topological polar surface area (TPSA) is 55.1 Å². The van der Waals surface area contributed by atoms with Gasteiger partial charge in [-0.3, -0.25) is 4.79 Å². The van der Waals surface area contributed by atoms with Gasteiger partial charge in [0.2, 0.25) is 0 Å². The second kappa shape index (κ2) is 5.29. The van der Waals surface area contributed by atoms with Crippen molar-refractivity contribution in [1.29, 1.82) is 0 Å². The summed E-state index contributed by atoms with van der Waals surface area (Å²) >= 11 is 3.30. The molecule has 0 aliphatic carbocycles. The van der Waals surface area contributed by atoms with Crippen LogP contribution in [0.3, 0.4) is 0 Å². The summed E-state index contributed by atoms with van der Waals surface area (Å²) in [4.78, 5) is 15.5. The van der Waals surface area contributed by atoms with Gasteiger partial charge in [0.1, 0.15) is 18.2 Å². The first-order valence-corrected chi connectivity index (χ1v) is 6.98. The molecule has 1 N–H and O–H groups in total. The highest BCUT2D eigenvalue weighted by atomic mass is 79.9. The maximum absolute atomic E-state index is 14.2. The molecule has 0 bridgehead atoms. The number of fused-ring (bicyclic) bond motifs is 1. The predicted octanol–water partition coefficient (Wildman–Crippen LogP) is 3.69. The smallest absolute Gasteiger partial charge is 0.323 e. The van der Waals surface area contributed by atoms with Crippen LogP contribution in [-0.2, 0) is 11.3 Å². The molecule has 21 heavy (non-hydrogen) atoms. The molecule has 4 nitrogen and oxygen atoms in total. The molecule has 106 valence electrons. The Morgan fingerprint density at radius 3 is 2.71 bits per heavy atom. The summed E-state index contributed by atoms with van der Waals surface area (Å²) in [6, 6.07) is 11.7. The van der Waals surface area contributed by atoms with Gasteiger partial charge in [0.15, 0.2) is 0 Å². The average Bonchev–Trinajstić information content (AvgIpc) is 2.77. The van der Waals surface area contributed by atoms with E-state index in [2.05, 4.69) is 20.9 Å². The van der Waals surface area contributed by atoms with Crippen molar-refractivity contribution < 1.29 is 14.3 Å². The summed E-state index contributed by atoms with van der Waals surface area (Å²) in [6.07, 6.45) is 0. The van der Waals surface area contributed by atoms with Crippen molar-refractivity contribution in [3.63, 3.8) is 0 Å². The van der Waals surface area contributed by atoms with E-state index in [1.54, 1.807) is 36.4 Å². The SMILES string of the molecule is O=C(O)Cn1c(-c2c(F)cccc2Br)nc2ccccc21. The van der Waals surface area contributed by atoms with Gasteiger partial charge >= 0.3 is 5.97 Å². The van der Waals surface area contributed by atoms with E-state index in [9.17, 15) is 9.18 Å². The van der Waals surface area contributed by atoms with Crippen molar-refractivity contribution in [2.45, 2.75) is 6.54 Å². The molecule has 6 heteroatoms. The van der Waals surface area contributed by atoms with E-state index in [4.69, 9.17) is 5.11 Å². The molecule has 0 aliphatic heterocycles. The largest absolute Gasteiger partial charge is 0.480 e. The van der Waals surface area contributed by atoms with Crippen LogP contribution in [0.5, 0.6) is 0 Å². The highest BCUT2D eigenvalue weighted by Gasteiger charge is 2.19. The number of hydrogen-bond donors (Lipinski definition) is 1. The van der Waals surface area contributed by atoms with E-state index >= 15 is 0 Å². The Balaban J connectivity index is 2.34. The third kappa shape index (κ3) is 2.42. The van der Waals surface area contributed by atoms with Crippen molar-refractivity contribution in [2.75, 3.05) is 0 Å². The first-order valence-electron chi connectivity index (χ1n) is 6.19. The van der Waals surface area contributed by atoms with Crippen LogP contribution in [0.25, 0.3) is 22.4 Å². The second-order valence-corrected chi connectivity index (χ2v) is 5.36. The second-order valence-electron chi connectivity index (χ2n) is 4.50. The highest BCUT2D eigenvalue weighted by Crippen LogP contribution is 2.32. The van der Waals surface area contributed by atoms with Gasteiger partial charge in [-0.1, -0.05) is 18.2 Å². The van der Waals surface area contributed by atoms with Crippen molar-refractivity contribution >= 4 is 32.9 Å². The number of hydrogen-bond acceptors (Lipinski definition) is 2. The van der Waals surface area contributed by atoms with Gasteiger partial charge in [-0.2, -0.15) is 0 Å². The van der Waals surface area contributed by atoms with E-state index in [0.29, 0.717) is 21.3 Å². The number of rotatable bonds is 3. The lowest BCUT2D eigenvalue weighted by molar-refractivity contribution is -0.137. The standard InChI is InChI=1S/C15H10BrFN2O2/c16-9-4-3-5-10(17)14(9)15-18-11-6-1-2-7-12(11)19(15)8-13(20)21/h1-7H,8H2,(H,20,21). The molecule has 0 unspecified atom stereocenters. The van der Waals surface area contributed by atoms with Crippen molar-refractivity contribution in [2.24, 2.45) is 0 Å². The molecule has 0 saturated carbocycles. The first-order chi connectivity index (χ1) is 10.1. The summed E-state index contributed by atoms with van der Waals surface area (Å²) < 4.78 is 16.2. The molecule has 0 fully saturated rings. The van der Waals surface area contributed by atoms with Crippen LogP contribution < -0.4 is 0 Å². The first kappa shape index (κ1) is 13.8. The number of aliphatic carboxylic acids is 1. The Hall–Kier alpha value is -2.21. The molecule has 0 aliphatic rings. The zero-order valence-electron chi connectivity index (χ0n) is 10.8. The van der Waals surface area contributed by atoms with Crippen LogP contribution in [0, 0.1) is 5.82 Å². The number of benzene rings is 2. The van der Waals surface area contributed by atoms with Gasteiger partial charge in [0, 0.05) is 4.47 Å². The lowest BCUT2D eigenvalue weighted by Gasteiger charge is -2.09. The fourth-order valence-electron chi connectivity index (χ4n) is 2.27. The third-order valence-electron chi connectivity index (χ3n) is 3.13. The summed E-state index contributed by atoms with van der Waals surface area (Å²) in [5.41, 5.74) is 1.55. The van der Waals surface area contributed by atoms with Gasteiger partial charge < -0.3 is 9.67 Å². The maximum Gasteiger partial charge on any atom is 0.323 e. The Bertz CT molecular complexity index is 825. The normalized spacial score (nSPS) is 11.0. The number of carbonyl (C=O) groups is 1. The quantitative estimate of drug-likeness (QED) is 0.785. The molecule has 3 aromatic rings. The zero-order chi connectivity index (χ0) is 15.0. The number of carboxylic acids is 1. The minimum Gasteiger partial charge on any atom is -0.480 e. The molecule has 1 heterocycles. The number of aromatic nitrogens is 2. The average molecular weight is 349 g/mol. The van der Waals surface area contributed by atoms with E-state index in [-0.39, 0.29) is 12.1 Å². The molecular weight excluding hydrogens is 339 g/mol. The lowest BCUT2D eigenvalue weighted by Crippen LogP contribution is -2.10. The van der Waals surface area contributed by atoms with Gasteiger partial charge in [-0.25, -0.2) is 9.37 Å². The molecular formula is C15H10BrFN2O2. The van der Waals surface area contributed by atoms with Gasteiger partial charge in [0.25, 0.3) is 0 Å². The molecule has 3 rings (SSSR count). The fraction of sp³-hybridized carbons (Fsp3) is 0.0667. The summed E-state index contributed by atoms with van der Waals surface area (Å²) in [5.74, 6) is -1.17. The predicted molar refractivity (Wildman–Crippen MR) is 80.5 cm³/mol. The van der Waals surface area contributed by atoms with Crippen molar-refractivity contribution in [3.8, 4) is 11.4 Å². The third-order valence-corrected chi connectivity index (χ3v) is 3.80. The molecule has 0 atom stereocenters. The van der Waals surface area contributed by atoms with Gasteiger partial charge in [-0.05, 0) is 40.2 Å². The minimum absolute atomic E-state index is 0.259. The van der Waals surface area contributed by atoms with Crippen LogP contribution in [0.1, 0.15) is 0 Å². The molecule has 0 radical (unpaired) electrons. The minimum atomic E-state index is -1.01. The van der Waals surface area contributed by atoms with E-state index in [1.165, 1.54) is 10.6 Å². The highest BCUT2D eigenvalue weighted by molar-refractivity contribution is 9.10. The van der Waals surface area contributed by atoms with Crippen molar-refractivity contribution in [3.05, 3.63) is 52.8 Å². The maximum atomic E-state index is 14.2. The summed E-state index contributed by atoms with van der Waals surface area (Å²) in [5, 5.41) is 9.10. The van der Waals surface area contributed by atoms with Crippen LogP contribution in [0.15, 0.2) is 46.9 Å². The molecule has 0 saturated heterocycles. The van der Waals surface area contributed by atoms with E-state index in [1.807, 2.05) is 0 Å². The van der Waals surface area contributed by atoms with Crippen LogP contribution in [0.4, 0.5) is 4.39 Å². The number of imidazole rings is 1. The Morgan fingerprint density at radius 1 is 1.24 bits per heavy atom. The summed E-state index contributed by atoms with van der Waals surface area (Å²) in [6.45, 7) is -0.281.